The van der Waals surface area contributed by atoms with Crippen molar-refractivity contribution >= 4 is 71.7 Å². The molecule has 2 aromatic heterocycles. The van der Waals surface area contributed by atoms with Gasteiger partial charge < -0.3 is 13.7 Å². The second-order valence-electron chi connectivity index (χ2n) is 14.0. The van der Waals surface area contributed by atoms with Crippen molar-refractivity contribution in [3.63, 3.8) is 0 Å². The molecule has 0 N–H and O–H groups in total. The molecule has 258 valence electrons. The third kappa shape index (κ3) is 5.13. The van der Waals surface area contributed by atoms with Crippen molar-refractivity contribution in [3.05, 3.63) is 200 Å². The molecule has 55 heavy (non-hydrogen) atoms. The summed E-state index contributed by atoms with van der Waals surface area (Å²) in [6.45, 7) is 0. The maximum Gasteiger partial charge on any atom is 0.137 e. The summed E-state index contributed by atoms with van der Waals surface area (Å²) in [5.74, 6) is 0. The number of rotatable bonds is 6. The molecule has 0 aliphatic carbocycles. The lowest BCUT2D eigenvalue weighted by Gasteiger charge is -2.30. The largest absolute Gasteiger partial charge is 0.456 e. The van der Waals surface area contributed by atoms with Crippen molar-refractivity contribution in [1.29, 1.82) is 0 Å². The van der Waals surface area contributed by atoms with Crippen molar-refractivity contribution in [2.45, 2.75) is 0 Å². The zero-order valence-corrected chi connectivity index (χ0v) is 29.8. The average Bonchev–Trinajstić information content (AvgIpc) is 3.82. The van der Waals surface area contributed by atoms with Gasteiger partial charge in [0, 0.05) is 44.4 Å². The van der Waals surface area contributed by atoms with Gasteiger partial charge >= 0.3 is 0 Å². The maximum absolute atomic E-state index is 6.50. The van der Waals surface area contributed by atoms with Crippen LogP contribution in [-0.4, -0.2) is 0 Å². The lowest BCUT2D eigenvalue weighted by molar-refractivity contribution is 0.668. The van der Waals surface area contributed by atoms with Gasteiger partial charge in [-0.15, -0.1) is 0 Å². The highest BCUT2D eigenvalue weighted by molar-refractivity contribution is 6.09. The topological polar surface area (TPSA) is 29.5 Å². The number of fused-ring (bicyclic) bond motifs is 7. The smallest absolute Gasteiger partial charge is 0.137 e. The molecule has 11 rings (SSSR count). The van der Waals surface area contributed by atoms with E-state index in [1.165, 1.54) is 21.9 Å². The third-order valence-corrected chi connectivity index (χ3v) is 10.9. The van der Waals surface area contributed by atoms with Gasteiger partial charge in [-0.05, 0) is 81.6 Å². The standard InChI is InChI=1S/C52H33NO2/c1-2-16-37-34(14-1)15-13-23-39(37)40-18-3-4-19-41(40)42-20-6-10-25-48(42)53(36-29-31-46-44-22-8-12-27-50(44)55-52(46)33-36)47-24-9-5-17-38(47)35-28-30-45-43-21-7-11-26-49(43)54-51(45)32-35/h1-33H. The first kappa shape index (κ1) is 31.2. The summed E-state index contributed by atoms with van der Waals surface area (Å²) in [5.41, 5.74) is 13.4. The van der Waals surface area contributed by atoms with E-state index in [4.69, 9.17) is 8.83 Å². The Balaban J connectivity index is 1.16. The van der Waals surface area contributed by atoms with Crippen LogP contribution in [0.4, 0.5) is 17.1 Å². The van der Waals surface area contributed by atoms with Crippen molar-refractivity contribution < 1.29 is 8.83 Å². The first-order valence-corrected chi connectivity index (χ1v) is 18.7. The van der Waals surface area contributed by atoms with Gasteiger partial charge in [0.1, 0.15) is 22.3 Å². The van der Waals surface area contributed by atoms with Crippen LogP contribution in [0.15, 0.2) is 209 Å². The van der Waals surface area contributed by atoms with Crippen LogP contribution in [0.25, 0.3) is 88.0 Å². The number of para-hydroxylation sites is 4. The first-order valence-electron chi connectivity index (χ1n) is 18.7. The summed E-state index contributed by atoms with van der Waals surface area (Å²) < 4.78 is 12.9. The molecular weight excluding hydrogens is 671 g/mol. The maximum atomic E-state index is 6.50. The van der Waals surface area contributed by atoms with E-state index in [2.05, 4.69) is 181 Å². The zero-order valence-electron chi connectivity index (χ0n) is 29.8. The Hall–Kier alpha value is -7.36. The van der Waals surface area contributed by atoms with E-state index in [9.17, 15) is 0 Å². The second kappa shape index (κ2) is 12.6. The molecule has 0 saturated carbocycles. The van der Waals surface area contributed by atoms with Gasteiger partial charge in [-0.1, -0.05) is 146 Å². The molecule has 3 heteroatoms. The van der Waals surface area contributed by atoms with Crippen molar-refractivity contribution in [2.24, 2.45) is 0 Å². The fourth-order valence-electron chi connectivity index (χ4n) is 8.38. The number of hydrogen-bond acceptors (Lipinski definition) is 3. The Bertz CT molecular complexity index is 3230. The van der Waals surface area contributed by atoms with Crippen LogP contribution < -0.4 is 4.90 Å². The highest BCUT2D eigenvalue weighted by atomic mass is 16.3. The fourth-order valence-corrected chi connectivity index (χ4v) is 8.38. The molecule has 0 fully saturated rings. The molecule has 0 spiro atoms. The number of hydrogen-bond donors (Lipinski definition) is 0. The Labute approximate surface area is 317 Å². The Morgan fingerprint density at radius 1 is 0.291 bits per heavy atom. The molecule has 0 amide bonds. The normalized spacial score (nSPS) is 11.6. The number of furan rings is 2. The molecule has 0 aliphatic rings. The highest BCUT2D eigenvalue weighted by Gasteiger charge is 2.23. The van der Waals surface area contributed by atoms with E-state index in [1.54, 1.807) is 0 Å². The molecular formula is C52H33NO2. The molecule has 0 unspecified atom stereocenters. The van der Waals surface area contributed by atoms with Crippen LogP contribution >= 0.6 is 0 Å². The molecule has 11 aromatic rings. The Morgan fingerprint density at radius 3 is 1.49 bits per heavy atom. The molecule has 0 saturated heterocycles. The van der Waals surface area contributed by atoms with Crippen LogP contribution in [0.2, 0.25) is 0 Å². The second-order valence-corrected chi connectivity index (χ2v) is 14.0. The van der Waals surface area contributed by atoms with Crippen molar-refractivity contribution in [2.75, 3.05) is 4.90 Å². The lowest BCUT2D eigenvalue weighted by Crippen LogP contribution is -2.12. The molecule has 2 heterocycles. The van der Waals surface area contributed by atoms with Gasteiger partial charge in [0.05, 0.1) is 11.4 Å². The lowest BCUT2D eigenvalue weighted by atomic mass is 9.90. The molecule has 0 aliphatic heterocycles. The van der Waals surface area contributed by atoms with E-state index < -0.39 is 0 Å². The minimum absolute atomic E-state index is 0.846. The monoisotopic (exact) mass is 703 g/mol. The van der Waals surface area contributed by atoms with E-state index in [0.29, 0.717) is 0 Å². The quantitative estimate of drug-likeness (QED) is 0.173. The van der Waals surface area contributed by atoms with Crippen LogP contribution in [0, 0.1) is 0 Å². The number of benzene rings is 9. The minimum atomic E-state index is 0.846. The van der Waals surface area contributed by atoms with Crippen molar-refractivity contribution in [1.82, 2.24) is 0 Å². The average molecular weight is 704 g/mol. The summed E-state index contributed by atoms with van der Waals surface area (Å²) in [6.07, 6.45) is 0. The SMILES string of the molecule is c1ccc(-c2cccc3ccccc23)c(-c2ccccc2N(c2ccc3c(c2)oc2ccccc23)c2ccccc2-c2ccc3c(c2)oc2ccccc23)c1. The van der Waals surface area contributed by atoms with E-state index >= 15 is 0 Å². The Kier molecular flexibility index (Phi) is 7.17. The molecule has 0 radical (unpaired) electrons. The predicted octanol–water partition coefficient (Wildman–Crippen LogP) is 15.1. The van der Waals surface area contributed by atoms with Crippen LogP contribution in [0.1, 0.15) is 0 Å². The third-order valence-electron chi connectivity index (χ3n) is 10.9. The molecule has 3 nitrogen and oxygen atoms in total. The van der Waals surface area contributed by atoms with E-state index in [0.717, 1.165) is 83.2 Å². The summed E-state index contributed by atoms with van der Waals surface area (Å²) in [4.78, 5) is 2.39. The molecule has 0 bridgehead atoms. The van der Waals surface area contributed by atoms with E-state index in [-0.39, 0.29) is 0 Å². The van der Waals surface area contributed by atoms with Gasteiger partial charge in [-0.25, -0.2) is 0 Å². The fraction of sp³-hybridized carbons (Fsp3) is 0. The Morgan fingerprint density at radius 2 is 0.764 bits per heavy atom. The van der Waals surface area contributed by atoms with Gasteiger partial charge in [-0.3, -0.25) is 0 Å². The minimum Gasteiger partial charge on any atom is -0.456 e. The highest BCUT2D eigenvalue weighted by Crippen LogP contribution is 2.48. The molecule has 9 aromatic carbocycles. The first-order chi connectivity index (χ1) is 27.3. The van der Waals surface area contributed by atoms with Gasteiger partial charge in [0.25, 0.3) is 0 Å². The van der Waals surface area contributed by atoms with E-state index in [1.807, 2.05) is 24.3 Å². The summed E-state index contributed by atoms with van der Waals surface area (Å²) in [6, 6.07) is 71.1. The van der Waals surface area contributed by atoms with Gasteiger partial charge in [0.2, 0.25) is 0 Å². The number of anilines is 3. The van der Waals surface area contributed by atoms with Crippen LogP contribution in [-0.2, 0) is 0 Å². The summed E-state index contributed by atoms with van der Waals surface area (Å²) in [7, 11) is 0. The van der Waals surface area contributed by atoms with Gasteiger partial charge in [-0.2, -0.15) is 0 Å². The summed E-state index contributed by atoms with van der Waals surface area (Å²) in [5, 5.41) is 6.89. The van der Waals surface area contributed by atoms with Gasteiger partial charge in [0.15, 0.2) is 0 Å². The molecule has 0 atom stereocenters. The predicted molar refractivity (Wildman–Crippen MR) is 229 cm³/mol. The van der Waals surface area contributed by atoms with Crippen molar-refractivity contribution in [3.8, 4) is 33.4 Å². The zero-order chi connectivity index (χ0) is 36.3. The van der Waals surface area contributed by atoms with Crippen LogP contribution in [0.5, 0.6) is 0 Å². The summed E-state index contributed by atoms with van der Waals surface area (Å²) >= 11 is 0. The van der Waals surface area contributed by atoms with Crippen LogP contribution in [0.3, 0.4) is 0 Å². The number of nitrogens with zero attached hydrogens (tertiary/aromatic N) is 1.